The minimum absolute atomic E-state index is 0.166. The Morgan fingerprint density at radius 1 is 0.939 bits per heavy atom. The maximum Gasteiger partial charge on any atom is 0.268 e. The third kappa shape index (κ3) is 3.94. The lowest BCUT2D eigenvalue weighted by atomic mass is 10.1. The van der Waals surface area contributed by atoms with Crippen molar-refractivity contribution in [3.63, 3.8) is 0 Å². The van der Waals surface area contributed by atoms with E-state index < -0.39 is 0 Å². The predicted molar refractivity (Wildman–Crippen MR) is 131 cm³/mol. The first-order valence-corrected chi connectivity index (χ1v) is 11.8. The Morgan fingerprint density at radius 2 is 1.67 bits per heavy atom. The fourth-order valence-corrected chi connectivity index (χ4v) is 5.22. The van der Waals surface area contributed by atoms with Crippen LogP contribution in [0.3, 0.4) is 0 Å². The summed E-state index contributed by atoms with van der Waals surface area (Å²) < 4.78 is 1.67. The SMILES string of the molecule is Cc1cc(N2CCN(C(=O)c3c(C)ccn(-c4cccc5c4CCC5)c3=O)CC2)cc(C)n1. The summed E-state index contributed by atoms with van der Waals surface area (Å²) in [4.78, 5) is 35.6. The fourth-order valence-electron chi connectivity index (χ4n) is 5.22. The molecule has 5 rings (SSSR count). The van der Waals surface area contributed by atoms with Gasteiger partial charge in [0.25, 0.3) is 11.5 Å². The van der Waals surface area contributed by atoms with E-state index >= 15 is 0 Å². The molecule has 1 amide bonds. The summed E-state index contributed by atoms with van der Waals surface area (Å²) in [6.07, 6.45) is 4.95. The van der Waals surface area contributed by atoms with Gasteiger partial charge in [0, 0.05) is 49.5 Å². The van der Waals surface area contributed by atoms with Crippen LogP contribution in [0.4, 0.5) is 5.69 Å². The Morgan fingerprint density at radius 3 is 2.39 bits per heavy atom. The van der Waals surface area contributed by atoms with E-state index in [1.807, 2.05) is 50.1 Å². The lowest BCUT2D eigenvalue weighted by molar-refractivity contribution is 0.0744. The molecule has 2 aliphatic rings. The summed E-state index contributed by atoms with van der Waals surface area (Å²) in [6, 6.07) is 12.2. The minimum atomic E-state index is -0.219. The minimum Gasteiger partial charge on any atom is -0.368 e. The van der Waals surface area contributed by atoms with Crippen molar-refractivity contribution in [2.75, 3.05) is 31.1 Å². The van der Waals surface area contributed by atoms with Crippen LogP contribution in [-0.4, -0.2) is 46.5 Å². The van der Waals surface area contributed by atoms with E-state index in [2.05, 4.69) is 28.1 Å². The zero-order valence-corrected chi connectivity index (χ0v) is 19.6. The smallest absolute Gasteiger partial charge is 0.268 e. The van der Waals surface area contributed by atoms with Crippen LogP contribution in [-0.2, 0) is 12.8 Å². The number of amides is 1. The standard InChI is InChI=1S/C27H30N4O2/c1-18-10-11-31(24-9-5-7-21-6-4-8-23(21)24)27(33)25(18)26(32)30-14-12-29(13-15-30)22-16-19(2)28-20(3)17-22/h5,7,9-11,16-17H,4,6,8,12-15H2,1-3H3. The van der Waals surface area contributed by atoms with E-state index in [4.69, 9.17) is 0 Å². The van der Waals surface area contributed by atoms with Crippen LogP contribution in [0.1, 0.15) is 44.9 Å². The van der Waals surface area contributed by atoms with Gasteiger partial charge in [0.2, 0.25) is 0 Å². The molecule has 0 bridgehead atoms. The lowest BCUT2D eigenvalue weighted by Gasteiger charge is -2.36. The quantitative estimate of drug-likeness (QED) is 0.622. The second-order valence-corrected chi connectivity index (χ2v) is 9.20. The molecule has 33 heavy (non-hydrogen) atoms. The van der Waals surface area contributed by atoms with E-state index in [0.29, 0.717) is 13.1 Å². The van der Waals surface area contributed by atoms with Crippen molar-refractivity contribution in [3.8, 4) is 5.69 Å². The molecule has 1 aliphatic carbocycles. The molecular formula is C27H30N4O2. The van der Waals surface area contributed by atoms with Gasteiger partial charge in [-0.1, -0.05) is 12.1 Å². The molecule has 1 aromatic carbocycles. The highest BCUT2D eigenvalue weighted by Gasteiger charge is 2.27. The molecule has 0 atom stereocenters. The number of carbonyl (C=O) groups excluding carboxylic acids is 1. The Labute approximate surface area is 194 Å². The number of fused-ring (bicyclic) bond motifs is 1. The molecule has 6 nitrogen and oxygen atoms in total. The van der Waals surface area contributed by atoms with Crippen molar-refractivity contribution in [2.45, 2.75) is 40.0 Å². The first-order valence-electron chi connectivity index (χ1n) is 11.8. The number of piperazine rings is 1. The molecule has 0 radical (unpaired) electrons. The molecule has 0 N–H and O–H groups in total. The monoisotopic (exact) mass is 442 g/mol. The van der Waals surface area contributed by atoms with Crippen LogP contribution >= 0.6 is 0 Å². The maximum absolute atomic E-state index is 13.5. The van der Waals surface area contributed by atoms with Crippen molar-refractivity contribution in [1.29, 1.82) is 0 Å². The molecule has 170 valence electrons. The van der Waals surface area contributed by atoms with Crippen LogP contribution in [0.2, 0.25) is 0 Å². The van der Waals surface area contributed by atoms with Crippen LogP contribution in [0.15, 0.2) is 47.4 Å². The van der Waals surface area contributed by atoms with Gasteiger partial charge in [-0.15, -0.1) is 0 Å². The predicted octanol–water partition coefficient (Wildman–Crippen LogP) is 3.61. The summed E-state index contributed by atoms with van der Waals surface area (Å²) in [6.45, 7) is 8.51. The Bertz CT molecular complexity index is 1270. The number of benzene rings is 1. The average Bonchev–Trinajstić information content (AvgIpc) is 3.28. The Balaban J connectivity index is 1.40. The maximum atomic E-state index is 13.5. The topological polar surface area (TPSA) is 58.4 Å². The van der Waals surface area contributed by atoms with E-state index in [1.54, 1.807) is 4.57 Å². The first-order chi connectivity index (χ1) is 15.9. The second-order valence-electron chi connectivity index (χ2n) is 9.20. The molecule has 0 saturated carbocycles. The molecule has 6 heteroatoms. The van der Waals surface area contributed by atoms with Gasteiger partial charge >= 0.3 is 0 Å². The number of nitrogens with zero attached hydrogens (tertiary/aromatic N) is 4. The summed E-state index contributed by atoms with van der Waals surface area (Å²) in [5.41, 5.74) is 7.40. The molecule has 2 aromatic heterocycles. The molecule has 0 spiro atoms. The molecule has 3 heterocycles. The number of pyridine rings is 2. The van der Waals surface area contributed by atoms with Crippen LogP contribution in [0.5, 0.6) is 0 Å². The summed E-state index contributed by atoms with van der Waals surface area (Å²) >= 11 is 0. The highest BCUT2D eigenvalue weighted by atomic mass is 16.2. The number of hydrogen-bond donors (Lipinski definition) is 0. The number of anilines is 1. The van der Waals surface area contributed by atoms with Gasteiger partial charge in [-0.25, -0.2) is 0 Å². The molecule has 1 fully saturated rings. The largest absolute Gasteiger partial charge is 0.368 e. The summed E-state index contributed by atoms with van der Waals surface area (Å²) in [7, 11) is 0. The van der Waals surface area contributed by atoms with Crippen molar-refractivity contribution in [2.24, 2.45) is 0 Å². The summed E-state index contributed by atoms with van der Waals surface area (Å²) in [5.74, 6) is -0.166. The normalized spacial score (nSPS) is 15.6. The average molecular weight is 443 g/mol. The highest BCUT2D eigenvalue weighted by molar-refractivity contribution is 5.95. The highest BCUT2D eigenvalue weighted by Crippen LogP contribution is 2.27. The van der Waals surface area contributed by atoms with Gasteiger partial charge < -0.3 is 9.80 Å². The molecule has 1 saturated heterocycles. The van der Waals surface area contributed by atoms with Gasteiger partial charge in [0.1, 0.15) is 5.56 Å². The van der Waals surface area contributed by atoms with E-state index in [-0.39, 0.29) is 17.0 Å². The fraction of sp³-hybridized carbons (Fsp3) is 0.370. The Kier molecular flexibility index (Phi) is 5.52. The number of carbonyl (C=O) groups is 1. The molecule has 3 aromatic rings. The zero-order chi connectivity index (χ0) is 23.1. The van der Waals surface area contributed by atoms with E-state index in [9.17, 15) is 9.59 Å². The van der Waals surface area contributed by atoms with Crippen molar-refractivity contribution in [1.82, 2.24) is 14.5 Å². The van der Waals surface area contributed by atoms with Crippen LogP contribution in [0, 0.1) is 20.8 Å². The van der Waals surface area contributed by atoms with Crippen molar-refractivity contribution >= 4 is 11.6 Å². The number of rotatable bonds is 3. The van der Waals surface area contributed by atoms with Gasteiger partial charge in [-0.2, -0.15) is 0 Å². The number of hydrogen-bond acceptors (Lipinski definition) is 4. The molecular weight excluding hydrogens is 412 g/mol. The lowest BCUT2D eigenvalue weighted by Crippen LogP contribution is -2.50. The third-order valence-electron chi connectivity index (χ3n) is 6.89. The van der Waals surface area contributed by atoms with Gasteiger partial charge in [-0.3, -0.25) is 19.1 Å². The molecule has 0 unspecified atom stereocenters. The van der Waals surface area contributed by atoms with Gasteiger partial charge in [0.05, 0.1) is 5.69 Å². The summed E-state index contributed by atoms with van der Waals surface area (Å²) in [5, 5.41) is 0. The van der Waals surface area contributed by atoms with Crippen molar-refractivity contribution in [3.05, 3.63) is 86.6 Å². The third-order valence-corrected chi connectivity index (χ3v) is 6.89. The van der Waals surface area contributed by atoms with Gasteiger partial charge in [0.15, 0.2) is 0 Å². The van der Waals surface area contributed by atoms with Crippen LogP contribution < -0.4 is 10.5 Å². The first kappa shape index (κ1) is 21.4. The Hall–Kier alpha value is -3.41. The number of aryl methyl sites for hydroxylation is 4. The van der Waals surface area contributed by atoms with Crippen LogP contribution in [0.25, 0.3) is 5.69 Å². The number of aromatic nitrogens is 2. The van der Waals surface area contributed by atoms with E-state index in [1.165, 1.54) is 11.1 Å². The van der Waals surface area contributed by atoms with E-state index in [0.717, 1.165) is 60.7 Å². The zero-order valence-electron chi connectivity index (χ0n) is 19.6. The molecule has 1 aliphatic heterocycles. The van der Waals surface area contributed by atoms with Gasteiger partial charge in [-0.05, 0) is 81.0 Å². The van der Waals surface area contributed by atoms with Crippen molar-refractivity contribution < 1.29 is 4.79 Å². The second kappa shape index (κ2) is 8.50.